The minimum absolute atomic E-state index is 0.397. The first-order valence-corrected chi connectivity index (χ1v) is 8.92. The number of anilines is 2. The summed E-state index contributed by atoms with van der Waals surface area (Å²) in [5, 5.41) is 0. The van der Waals surface area contributed by atoms with Gasteiger partial charge in [0.15, 0.2) is 0 Å². The van der Waals surface area contributed by atoms with E-state index >= 15 is 0 Å². The van der Waals surface area contributed by atoms with Gasteiger partial charge in [-0.3, -0.25) is 0 Å². The summed E-state index contributed by atoms with van der Waals surface area (Å²) in [6.07, 6.45) is 2.04. The molecule has 3 nitrogen and oxygen atoms in total. The Balaban J connectivity index is 1.65. The van der Waals surface area contributed by atoms with Crippen molar-refractivity contribution in [2.24, 2.45) is 0 Å². The zero-order valence-electron chi connectivity index (χ0n) is 15.2. The van der Waals surface area contributed by atoms with Crippen LogP contribution in [0.1, 0.15) is 11.1 Å². The second kappa shape index (κ2) is 7.12. The third-order valence-corrected chi connectivity index (χ3v) is 5.05. The van der Waals surface area contributed by atoms with Gasteiger partial charge in [0.05, 0.1) is 14.2 Å². The second-order valence-corrected chi connectivity index (χ2v) is 6.61. The van der Waals surface area contributed by atoms with Gasteiger partial charge < -0.3 is 14.4 Å². The van der Waals surface area contributed by atoms with Crippen LogP contribution in [0.3, 0.4) is 0 Å². The molecule has 1 unspecified atom stereocenters. The Morgan fingerprint density at radius 3 is 2.08 bits per heavy atom. The topological polar surface area (TPSA) is 21.7 Å². The smallest absolute Gasteiger partial charge is 0.119 e. The normalized spacial score (nSPS) is 15.6. The third-order valence-electron chi connectivity index (χ3n) is 5.05. The molecule has 0 bridgehead atoms. The summed E-state index contributed by atoms with van der Waals surface area (Å²) < 4.78 is 10.6. The van der Waals surface area contributed by atoms with Crippen molar-refractivity contribution < 1.29 is 9.47 Å². The molecule has 0 aromatic heterocycles. The fourth-order valence-electron chi connectivity index (χ4n) is 3.75. The number of fused-ring (bicyclic) bond motifs is 1. The van der Waals surface area contributed by atoms with Crippen LogP contribution in [0, 0.1) is 0 Å². The molecule has 0 amide bonds. The van der Waals surface area contributed by atoms with Gasteiger partial charge in [-0.2, -0.15) is 0 Å². The van der Waals surface area contributed by atoms with Crippen molar-refractivity contribution in [3.8, 4) is 11.5 Å². The van der Waals surface area contributed by atoms with E-state index in [1.807, 2.05) is 24.3 Å². The fourth-order valence-corrected chi connectivity index (χ4v) is 3.75. The highest BCUT2D eigenvalue weighted by Gasteiger charge is 2.30. The predicted molar refractivity (Wildman–Crippen MR) is 106 cm³/mol. The summed E-state index contributed by atoms with van der Waals surface area (Å²) >= 11 is 0. The Labute approximate surface area is 154 Å². The number of hydrogen-bond acceptors (Lipinski definition) is 3. The van der Waals surface area contributed by atoms with Gasteiger partial charge in [0, 0.05) is 17.4 Å². The highest BCUT2D eigenvalue weighted by atomic mass is 16.5. The van der Waals surface area contributed by atoms with Crippen LogP contribution in [0.25, 0.3) is 0 Å². The lowest BCUT2D eigenvalue weighted by atomic mass is 10.0. The van der Waals surface area contributed by atoms with Crippen molar-refractivity contribution in [1.82, 2.24) is 0 Å². The lowest BCUT2D eigenvalue weighted by Gasteiger charge is -2.28. The van der Waals surface area contributed by atoms with E-state index in [0.29, 0.717) is 6.04 Å². The van der Waals surface area contributed by atoms with Gasteiger partial charge in [0.1, 0.15) is 11.5 Å². The second-order valence-electron chi connectivity index (χ2n) is 6.61. The maximum atomic E-state index is 5.32. The van der Waals surface area contributed by atoms with Gasteiger partial charge in [-0.25, -0.2) is 0 Å². The molecule has 0 saturated carbocycles. The van der Waals surface area contributed by atoms with Gasteiger partial charge in [-0.1, -0.05) is 30.3 Å². The number of hydrogen-bond donors (Lipinski definition) is 0. The van der Waals surface area contributed by atoms with E-state index in [0.717, 1.165) is 24.3 Å². The predicted octanol–water partition coefficient (Wildman–Crippen LogP) is 5.01. The summed E-state index contributed by atoms with van der Waals surface area (Å²) in [5.74, 6) is 1.78. The largest absolute Gasteiger partial charge is 0.497 e. The molecule has 132 valence electrons. The minimum atomic E-state index is 0.397. The van der Waals surface area contributed by atoms with Crippen LogP contribution < -0.4 is 14.4 Å². The molecule has 0 spiro atoms. The molecular weight excluding hydrogens is 322 g/mol. The first-order chi connectivity index (χ1) is 12.8. The maximum Gasteiger partial charge on any atom is 0.119 e. The van der Waals surface area contributed by atoms with Gasteiger partial charge in [-0.15, -0.1) is 0 Å². The Hall–Kier alpha value is -2.94. The van der Waals surface area contributed by atoms with Crippen LogP contribution in [-0.2, 0) is 12.8 Å². The molecule has 4 rings (SSSR count). The number of ether oxygens (including phenoxy) is 2. The third kappa shape index (κ3) is 3.13. The molecule has 0 radical (unpaired) electrons. The summed E-state index contributed by atoms with van der Waals surface area (Å²) in [5.41, 5.74) is 5.23. The molecule has 1 aliphatic rings. The number of nitrogens with zero attached hydrogens (tertiary/aromatic N) is 1. The standard InChI is InChI=1S/C23H23NO2/c1-25-21-11-7-17(8-12-21)15-20-16-18-5-3-4-6-23(18)24(20)19-9-13-22(26-2)14-10-19/h3-14,20H,15-16H2,1-2H3. The molecular formula is C23H23NO2. The van der Waals surface area contributed by atoms with Gasteiger partial charge in [0.2, 0.25) is 0 Å². The zero-order valence-corrected chi connectivity index (χ0v) is 15.2. The first-order valence-electron chi connectivity index (χ1n) is 8.92. The average molecular weight is 345 g/mol. The van der Waals surface area contributed by atoms with E-state index in [-0.39, 0.29) is 0 Å². The van der Waals surface area contributed by atoms with Crippen molar-refractivity contribution in [3.63, 3.8) is 0 Å². The van der Waals surface area contributed by atoms with E-state index in [4.69, 9.17) is 9.47 Å². The van der Waals surface area contributed by atoms with Crippen LogP contribution in [0.4, 0.5) is 11.4 Å². The Bertz CT molecular complexity index is 871. The van der Waals surface area contributed by atoms with E-state index < -0.39 is 0 Å². The Morgan fingerprint density at radius 2 is 1.42 bits per heavy atom. The quantitative estimate of drug-likeness (QED) is 0.649. The van der Waals surface area contributed by atoms with E-state index in [9.17, 15) is 0 Å². The molecule has 0 aliphatic carbocycles. The van der Waals surface area contributed by atoms with Crippen LogP contribution in [0.15, 0.2) is 72.8 Å². The van der Waals surface area contributed by atoms with Crippen molar-refractivity contribution in [3.05, 3.63) is 83.9 Å². The highest BCUT2D eigenvalue weighted by molar-refractivity contribution is 5.71. The average Bonchev–Trinajstić information content (AvgIpc) is 3.06. The number of para-hydroxylation sites is 1. The molecule has 1 atom stereocenters. The monoisotopic (exact) mass is 345 g/mol. The van der Waals surface area contributed by atoms with Crippen molar-refractivity contribution in [1.29, 1.82) is 0 Å². The van der Waals surface area contributed by atoms with Crippen LogP contribution in [0.2, 0.25) is 0 Å². The van der Waals surface area contributed by atoms with Crippen LogP contribution in [0.5, 0.6) is 11.5 Å². The number of methoxy groups -OCH3 is 2. The van der Waals surface area contributed by atoms with Crippen molar-refractivity contribution >= 4 is 11.4 Å². The van der Waals surface area contributed by atoms with Crippen molar-refractivity contribution in [2.45, 2.75) is 18.9 Å². The van der Waals surface area contributed by atoms with Crippen LogP contribution in [-0.4, -0.2) is 20.3 Å². The fraction of sp³-hybridized carbons (Fsp3) is 0.217. The molecule has 0 saturated heterocycles. The molecule has 26 heavy (non-hydrogen) atoms. The summed E-state index contributed by atoms with van der Waals surface area (Å²) in [4.78, 5) is 2.46. The number of benzene rings is 3. The molecule has 1 aliphatic heterocycles. The van der Waals surface area contributed by atoms with Gasteiger partial charge in [-0.05, 0) is 66.4 Å². The van der Waals surface area contributed by atoms with Crippen LogP contribution >= 0.6 is 0 Å². The summed E-state index contributed by atoms with van der Waals surface area (Å²) in [6, 6.07) is 25.8. The molecule has 3 aromatic carbocycles. The van der Waals surface area contributed by atoms with E-state index in [1.54, 1.807) is 14.2 Å². The van der Waals surface area contributed by atoms with Crippen molar-refractivity contribution in [2.75, 3.05) is 19.1 Å². The van der Waals surface area contributed by atoms with Gasteiger partial charge in [0.25, 0.3) is 0 Å². The Morgan fingerprint density at radius 1 is 0.808 bits per heavy atom. The molecule has 1 heterocycles. The molecule has 0 N–H and O–H groups in total. The molecule has 0 fully saturated rings. The lowest BCUT2D eigenvalue weighted by molar-refractivity contribution is 0.414. The molecule has 3 aromatic rings. The summed E-state index contributed by atoms with van der Waals surface area (Å²) in [7, 11) is 3.40. The number of rotatable bonds is 5. The minimum Gasteiger partial charge on any atom is -0.497 e. The SMILES string of the molecule is COc1ccc(CC2Cc3ccccc3N2c2ccc(OC)cc2)cc1. The first kappa shape index (κ1) is 16.5. The van der Waals surface area contributed by atoms with Gasteiger partial charge >= 0.3 is 0 Å². The lowest BCUT2D eigenvalue weighted by Crippen LogP contribution is -2.29. The highest BCUT2D eigenvalue weighted by Crippen LogP contribution is 2.39. The van der Waals surface area contributed by atoms with E-state index in [2.05, 4.69) is 53.4 Å². The zero-order chi connectivity index (χ0) is 17.9. The Kier molecular flexibility index (Phi) is 4.53. The summed E-state index contributed by atoms with van der Waals surface area (Å²) in [6.45, 7) is 0. The molecule has 3 heteroatoms. The maximum absolute atomic E-state index is 5.32. The van der Waals surface area contributed by atoms with E-state index in [1.165, 1.54) is 22.5 Å².